The fraction of sp³-hybridized carbons (Fsp3) is 0.188. The minimum Gasteiger partial charge on any atom is -0.478 e. The topological polar surface area (TPSA) is 75.3 Å². The van der Waals surface area contributed by atoms with Crippen molar-refractivity contribution in [1.29, 1.82) is 0 Å². The van der Waals surface area contributed by atoms with E-state index < -0.39 is 11.8 Å². The summed E-state index contributed by atoms with van der Waals surface area (Å²) in [6, 6.07) is 9.76. The number of carboxylic acid groups (broad SMARTS) is 1. The number of benzene rings is 2. The number of halogens is 1. The lowest BCUT2D eigenvalue weighted by Gasteiger charge is -2.12. The van der Waals surface area contributed by atoms with Gasteiger partial charge in [0, 0.05) is 11.4 Å². The lowest BCUT2D eigenvalue weighted by molar-refractivity contribution is 0.0698. The summed E-state index contributed by atoms with van der Waals surface area (Å²) in [6.07, 6.45) is 0. The smallest absolute Gasteiger partial charge is 0.337 e. The summed E-state index contributed by atoms with van der Waals surface area (Å²) in [4.78, 5) is 11.1. The lowest BCUT2D eigenvalue weighted by atomic mass is 10.0. The van der Waals surface area contributed by atoms with Crippen molar-refractivity contribution in [3.8, 4) is 0 Å². The van der Waals surface area contributed by atoms with E-state index in [1.807, 2.05) is 18.2 Å². The first kappa shape index (κ1) is 14.8. The molecule has 2 aromatic carbocycles. The Labute approximate surface area is 122 Å². The van der Waals surface area contributed by atoms with Crippen molar-refractivity contribution in [3.63, 3.8) is 0 Å². The van der Waals surface area contributed by atoms with Crippen LogP contribution in [-0.4, -0.2) is 11.1 Å². The Morgan fingerprint density at radius 3 is 2.62 bits per heavy atom. The number of rotatable bonds is 4. The Bertz CT molecular complexity index is 684. The molecular weight excluding hydrogens is 271 g/mol. The quantitative estimate of drug-likeness (QED) is 0.744. The molecule has 2 rings (SSSR count). The van der Waals surface area contributed by atoms with Crippen LogP contribution < -0.4 is 11.1 Å². The van der Waals surface area contributed by atoms with Gasteiger partial charge in [0.1, 0.15) is 5.82 Å². The van der Waals surface area contributed by atoms with Gasteiger partial charge in [-0.15, -0.1) is 0 Å². The summed E-state index contributed by atoms with van der Waals surface area (Å²) in [5, 5.41) is 11.9. The van der Waals surface area contributed by atoms with E-state index in [1.165, 1.54) is 6.07 Å². The van der Waals surface area contributed by atoms with Gasteiger partial charge in [-0.1, -0.05) is 26.0 Å². The minimum absolute atomic E-state index is 0.0857. The molecule has 110 valence electrons. The average molecular weight is 288 g/mol. The van der Waals surface area contributed by atoms with Crippen molar-refractivity contribution in [1.82, 2.24) is 0 Å². The van der Waals surface area contributed by atoms with Gasteiger partial charge in [0.25, 0.3) is 0 Å². The molecule has 0 saturated heterocycles. The highest BCUT2D eigenvalue weighted by molar-refractivity contribution is 5.95. The van der Waals surface area contributed by atoms with Crippen molar-refractivity contribution in [2.24, 2.45) is 0 Å². The maximum atomic E-state index is 13.9. The number of carboxylic acids is 1. The van der Waals surface area contributed by atoms with Gasteiger partial charge in [-0.05, 0) is 35.7 Å². The number of nitrogens with two attached hydrogens (primary N) is 1. The van der Waals surface area contributed by atoms with Crippen LogP contribution in [0.3, 0.4) is 0 Å². The van der Waals surface area contributed by atoms with Gasteiger partial charge in [0.05, 0.1) is 11.3 Å². The SMILES string of the molecule is CC(C)c1cccc(Nc2cc(C(=O)O)c(N)cc2F)c1. The van der Waals surface area contributed by atoms with Crippen LogP contribution in [0.1, 0.15) is 35.7 Å². The maximum absolute atomic E-state index is 13.9. The van der Waals surface area contributed by atoms with Gasteiger partial charge >= 0.3 is 5.97 Å². The largest absolute Gasteiger partial charge is 0.478 e. The van der Waals surface area contributed by atoms with Crippen molar-refractivity contribution in [2.75, 3.05) is 11.1 Å². The fourth-order valence-corrected chi connectivity index (χ4v) is 2.00. The Morgan fingerprint density at radius 2 is 2.00 bits per heavy atom. The molecule has 0 spiro atoms. The third kappa shape index (κ3) is 3.31. The van der Waals surface area contributed by atoms with Crippen LogP contribution in [0.5, 0.6) is 0 Å². The number of hydrogen-bond acceptors (Lipinski definition) is 3. The predicted octanol–water partition coefficient (Wildman–Crippen LogP) is 3.97. The second-order valence-corrected chi connectivity index (χ2v) is 5.13. The summed E-state index contributed by atoms with van der Waals surface area (Å²) in [7, 11) is 0. The molecular formula is C16H17FN2O2. The first-order valence-corrected chi connectivity index (χ1v) is 6.57. The van der Waals surface area contributed by atoms with Crippen LogP contribution in [0.25, 0.3) is 0 Å². The molecule has 4 N–H and O–H groups in total. The zero-order valence-corrected chi connectivity index (χ0v) is 11.9. The van der Waals surface area contributed by atoms with Gasteiger partial charge < -0.3 is 16.2 Å². The predicted molar refractivity (Wildman–Crippen MR) is 81.6 cm³/mol. The molecule has 0 aliphatic carbocycles. The molecule has 0 radical (unpaired) electrons. The standard InChI is InChI=1S/C16H17FN2O2/c1-9(2)10-4-3-5-11(6-10)19-15-7-12(16(20)21)14(18)8-13(15)17/h3-9,19H,18H2,1-2H3,(H,20,21). The third-order valence-electron chi connectivity index (χ3n) is 3.20. The van der Waals surface area contributed by atoms with Crippen LogP contribution in [0.15, 0.2) is 36.4 Å². The molecule has 21 heavy (non-hydrogen) atoms. The highest BCUT2D eigenvalue weighted by Gasteiger charge is 2.13. The Morgan fingerprint density at radius 1 is 1.29 bits per heavy atom. The van der Waals surface area contributed by atoms with Gasteiger partial charge in [0.15, 0.2) is 0 Å². The minimum atomic E-state index is -1.19. The van der Waals surface area contributed by atoms with Crippen molar-refractivity contribution in [2.45, 2.75) is 19.8 Å². The Kier molecular flexibility index (Phi) is 4.12. The Hall–Kier alpha value is -2.56. The molecule has 0 atom stereocenters. The van der Waals surface area contributed by atoms with Crippen LogP contribution in [-0.2, 0) is 0 Å². The Balaban J connectivity index is 2.37. The third-order valence-corrected chi connectivity index (χ3v) is 3.20. The van der Waals surface area contributed by atoms with Crippen molar-refractivity contribution >= 4 is 23.0 Å². The number of carbonyl (C=O) groups is 1. The molecule has 0 bridgehead atoms. The summed E-state index contributed by atoms with van der Waals surface area (Å²) in [5.41, 5.74) is 7.17. The molecule has 4 nitrogen and oxygen atoms in total. The normalized spacial score (nSPS) is 10.7. The van der Waals surface area contributed by atoms with E-state index in [4.69, 9.17) is 10.8 Å². The van der Waals surface area contributed by atoms with Gasteiger partial charge in [0.2, 0.25) is 0 Å². The molecule has 0 saturated carbocycles. The first-order valence-electron chi connectivity index (χ1n) is 6.57. The highest BCUT2D eigenvalue weighted by Crippen LogP contribution is 2.27. The summed E-state index contributed by atoms with van der Waals surface area (Å²) >= 11 is 0. The van der Waals surface area contributed by atoms with Gasteiger partial charge in [-0.25, -0.2) is 9.18 Å². The van der Waals surface area contributed by atoms with E-state index in [0.29, 0.717) is 11.6 Å². The summed E-state index contributed by atoms with van der Waals surface area (Å²) in [6.45, 7) is 4.12. The van der Waals surface area contributed by atoms with Crippen LogP contribution in [0.4, 0.5) is 21.5 Å². The van der Waals surface area contributed by atoms with Crippen LogP contribution in [0, 0.1) is 5.82 Å². The molecule has 0 aliphatic heterocycles. The lowest BCUT2D eigenvalue weighted by Crippen LogP contribution is -2.05. The van der Waals surface area contributed by atoms with Crippen molar-refractivity contribution in [3.05, 3.63) is 53.3 Å². The number of nitrogen functional groups attached to an aromatic ring is 1. The molecule has 0 aromatic heterocycles. The first-order chi connectivity index (χ1) is 9.88. The molecule has 5 heteroatoms. The van der Waals surface area contributed by atoms with Crippen LogP contribution >= 0.6 is 0 Å². The number of anilines is 3. The fourth-order valence-electron chi connectivity index (χ4n) is 2.00. The van der Waals surface area contributed by atoms with E-state index in [2.05, 4.69) is 19.2 Å². The van der Waals surface area contributed by atoms with E-state index in [-0.39, 0.29) is 16.9 Å². The summed E-state index contributed by atoms with van der Waals surface area (Å²) < 4.78 is 13.9. The average Bonchev–Trinajstić information content (AvgIpc) is 2.41. The maximum Gasteiger partial charge on any atom is 0.337 e. The molecule has 0 unspecified atom stereocenters. The van der Waals surface area contributed by atoms with Crippen molar-refractivity contribution < 1.29 is 14.3 Å². The second kappa shape index (κ2) is 5.83. The van der Waals surface area contributed by atoms with Gasteiger partial charge in [-0.3, -0.25) is 0 Å². The molecule has 2 aromatic rings. The number of aromatic carboxylic acids is 1. The van der Waals surface area contributed by atoms with E-state index >= 15 is 0 Å². The highest BCUT2D eigenvalue weighted by atomic mass is 19.1. The van der Waals surface area contributed by atoms with E-state index in [0.717, 1.165) is 11.6 Å². The summed E-state index contributed by atoms with van der Waals surface area (Å²) in [5.74, 6) is -1.43. The molecule has 0 fully saturated rings. The second-order valence-electron chi connectivity index (χ2n) is 5.13. The molecule has 0 aliphatic rings. The monoisotopic (exact) mass is 288 g/mol. The zero-order valence-electron chi connectivity index (χ0n) is 11.9. The van der Waals surface area contributed by atoms with Crippen LogP contribution in [0.2, 0.25) is 0 Å². The zero-order chi connectivity index (χ0) is 15.6. The van der Waals surface area contributed by atoms with E-state index in [9.17, 15) is 9.18 Å². The van der Waals surface area contributed by atoms with E-state index in [1.54, 1.807) is 6.07 Å². The molecule has 0 heterocycles. The number of hydrogen-bond donors (Lipinski definition) is 3. The number of nitrogens with one attached hydrogen (secondary N) is 1. The van der Waals surface area contributed by atoms with Gasteiger partial charge in [-0.2, -0.15) is 0 Å². The molecule has 0 amide bonds.